The summed E-state index contributed by atoms with van der Waals surface area (Å²) in [7, 11) is 0. The second-order valence-corrected chi connectivity index (χ2v) is 5.62. The van der Waals surface area contributed by atoms with Crippen LogP contribution in [0.5, 0.6) is 0 Å². The number of hydrogen-bond acceptors (Lipinski definition) is 2. The van der Waals surface area contributed by atoms with Gasteiger partial charge in [0.1, 0.15) is 11.6 Å². The van der Waals surface area contributed by atoms with Gasteiger partial charge in [-0.2, -0.15) is 0 Å². The summed E-state index contributed by atoms with van der Waals surface area (Å²) in [5.41, 5.74) is 7.31. The highest BCUT2D eigenvalue weighted by atomic mass is 15.2. The lowest BCUT2D eigenvalue weighted by Gasteiger charge is -2.23. The van der Waals surface area contributed by atoms with Gasteiger partial charge in [0, 0.05) is 17.9 Å². The largest absolute Gasteiger partial charge is 0.384 e. The maximum Gasteiger partial charge on any atom is 0.127 e. The summed E-state index contributed by atoms with van der Waals surface area (Å²) in [4.78, 5) is 4.71. The van der Waals surface area contributed by atoms with Crippen molar-refractivity contribution in [1.29, 1.82) is 0 Å². The highest BCUT2D eigenvalue weighted by Gasteiger charge is 2.28. The van der Waals surface area contributed by atoms with E-state index in [2.05, 4.69) is 32.3 Å². The van der Waals surface area contributed by atoms with Crippen molar-refractivity contribution in [2.45, 2.75) is 58.4 Å². The van der Waals surface area contributed by atoms with Crippen molar-refractivity contribution < 1.29 is 0 Å². The van der Waals surface area contributed by atoms with Crippen LogP contribution < -0.4 is 5.73 Å². The quantitative estimate of drug-likeness (QED) is 0.710. The lowest BCUT2D eigenvalue weighted by molar-refractivity contribution is 0.430. The Morgan fingerprint density at radius 1 is 1.40 bits per heavy atom. The number of nitrogen functional groups attached to an aromatic ring is 1. The number of nitrogens with two attached hydrogens (primary N) is 1. The van der Waals surface area contributed by atoms with Gasteiger partial charge >= 0.3 is 0 Å². The van der Waals surface area contributed by atoms with Gasteiger partial charge in [0.25, 0.3) is 0 Å². The molecule has 84 valence electrons. The highest BCUT2D eigenvalue weighted by molar-refractivity contribution is 5.43. The maximum absolute atomic E-state index is 6.20. The predicted molar refractivity (Wildman–Crippen MR) is 63.0 cm³/mol. The molecule has 0 aromatic carbocycles. The normalized spacial score (nSPS) is 21.5. The molecule has 3 nitrogen and oxygen atoms in total. The Morgan fingerprint density at radius 3 is 2.60 bits per heavy atom. The molecule has 2 rings (SSSR count). The first-order valence-electron chi connectivity index (χ1n) is 5.78. The van der Waals surface area contributed by atoms with Crippen molar-refractivity contribution in [3.63, 3.8) is 0 Å². The van der Waals surface area contributed by atoms with Crippen LogP contribution in [0.25, 0.3) is 0 Å². The number of nitrogens with zero attached hydrogens (tertiary/aromatic N) is 2. The van der Waals surface area contributed by atoms with E-state index in [4.69, 9.17) is 10.7 Å². The molecule has 2 N–H and O–H groups in total. The van der Waals surface area contributed by atoms with Gasteiger partial charge in [-0.3, -0.25) is 0 Å². The van der Waals surface area contributed by atoms with E-state index in [1.54, 1.807) is 0 Å². The minimum Gasteiger partial charge on any atom is -0.384 e. The first-order valence-corrected chi connectivity index (χ1v) is 5.78. The molecule has 0 radical (unpaired) electrons. The Morgan fingerprint density at radius 2 is 2.07 bits per heavy atom. The summed E-state index contributed by atoms with van der Waals surface area (Å²) >= 11 is 0. The number of aryl methyl sites for hydroxylation is 1. The zero-order valence-electron chi connectivity index (χ0n) is 10.2. The van der Waals surface area contributed by atoms with Crippen molar-refractivity contribution in [3.05, 3.63) is 11.5 Å². The van der Waals surface area contributed by atoms with Gasteiger partial charge in [-0.25, -0.2) is 4.98 Å². The lowest BCUT2D eigenvalue weighted by Crippen LogP contribution is -2.18. The van der Waals surface area contributed by atoms with E-state index in [-0.39, 0.29) is 5.41 Å². The molecule has 1 aliphatic heterocycles. The third-order valence-corrected chi connectivity index (χ3v) is 3.19. The zero-order chi connectivity index (χ0) is 11.2. The van der Waals surface area contributed by atoms with Gasteiger partial charge in [-0.1, -0.05) is 20.8 Å². The monoisotopic (exact) mass is 207 g/mol. The number of aromatic nitrogens is 2. The molecular formula is C12H21N3. The predicted octanol–water partition coefficient (Wildman–Crippen LogP) is 2.66. The fraction of sp³-hybridized carbons (Fsp3) is 0.750. The second-order valence-electron chi connectivity index (χ2n) is 5.62. The van der Waals surface area contributed by atoms with Crippen molar-refractivity contribution in [2.24, 2.45) is 0 Å². The molecule has 1 atom stereocenters. The van der Waals surface area contributed by atoms with Gasteiger partial charge in [0.05, 0.1) is 5.69 Å². The zero-order valence-corrected chi connectivity index (χ0v) is 10.2. The molecule has 2 heterocycles. The summed E-state index contributed by atoms with van der Waals surface area (Å²) < 4.78 is 2.23. The summed E-state index contributed by atoms with van der Waals surface area (Å²) in [5, 5.41) is 0. The smallest absolute Gasteiger partial charge is 0.127 e. The number of hydrogen-bond donors (Lipinski definition) is 1. The fourth-order valence-electron chi connectivity index (χ4n) is 2.40. The van der Waals surface area contributed by atoms with Crippen LogP contribution in [-0.4, -0.2) is 9.55 Å². The van der Waals surface area contributed by atoms with Crippen molar-refractivity contribution >= 4 is 5.82 Å². The van der Waals surface area contributed by atoms with Crippen LogP contribution in [0.4, 0.5) is 5.82 Å². The molecule has 0 saturated carbocycles. The minimum absolute atomic E-state index is 0.0497. The van der Waals surface area contributed by atoms with Crippen LogP contribution in [0.1, 0.15) is 58.1 Å². The van der Waals surface area contributed by atoms with Gasteiger partial charge in [0.2, 0.25) is 0 Å². The molecule has 1 aromatic heterocycles. The molecule has 0 bridgehead atoms. The summed E-state index contributed by atoms with van der Waals surface area (Å²) in [6.07, 6.45) is 3.53. The van der Waals surface area contributed by atoms with Crippen molar-refractivity contribution in [2.75, 3.05) is 5.73 Å². The van der Waals surface area contributed by atoms with E-state index in [0.29, 0.717) is 6.04 Å². The Hall–Kier alpha value is -0.990. The molecule has 1 aliphatic rings. The summed E-state index contributed by atoms with van der Waals surface area (Å²) in [6, 6.07) is 0.511. The Labute approximate surface area is 91.7 Å². The first-order chi connectivity index (χ1) is 6.91. The van der Waals surface area contributed by atoms with E-state index in [1.807, 2.05) is 0 Å². The number of fused-ring (bicyclic) bond motifs is 1. The standard InChI is InChI=1S/C12H21N3/c1-8-6-5-7-9-14-10(12(2,3)4)11(13)15(8)9/h8H,5-7,13H2,1-4H3. The van der Waals surface area contributed by atoms with Crippen LogP contribution in [-0.2, 0) is 11.8 Å². The highest BCUT2D eigenvalue weighted by Crippen LogP contribution is 2.34. The van der Waals surface area contributed by atoms with Gasteiger partial charge in [-0.15, -0.1) is 0 Å². The van der Waals surface area contributed by atoms with Crippen molar-refractivity contribution in [1.82, 2.24) is 9.55 Å². The van der Waals surface area contributed by atoms with Crippen LogP contribution in [0.3, 0.4) is 0 Å². The van der Waals surface area contributed by atoms with Crippen LogP contribution in [0.2, 0.25) is 0 Å². The molecule has 1 unspecified atom stereocenters. The van der Waals surface area contributed by atoms with E-state index >= 15 is 0 Å². The minimum atomic E-state index is 0.0497. The average Bonchev–Trinajstić information content (AvgIpc) is 2.44. The number of rotatable bonds is 0. The topological polar surface area (TPSA) is 43.8 Å². The van der Waals surface area contributed by atoms with Gasteiger partial charge in [0.15, 0.2) is 0 Å². The molecule has 0 spiro atoms. The van der Waals surface area contributed by atoms with Crippen LogP contribution in [0.15, 0.2) is 0 Å². The molecule has 3 heteroatoms. The van der Waals surface area contributed by atoms with E-state index < -0.39 is 0 Å². The lowest BCUT2D eigenvalue weighted by atomic mass is 9.92. The van der Waals surface area contributed by atoms with E-state index in [1.165, 1.54) is 18.7 Å². The Kier molecular flexibility index (Phi) is 2.28. The van der Waals surface area contributed by atoms with Gasteiger partial charge in [-0.05, 0) is 19.8 Å². The Balaban J connectivity index is 2.53. The molecule has 1 aromatic rings. The number of anilines is 1. The molecular weight excluding hydrogens is 186 g/mol. The van der Waals surface area contributed by atoms with Crippen LogP contribution >= 0.6 is 0 Å². The van der Waals surface area contributed by atoms with Crippen LogP contribution in [0, 0.1) is 0 Å². The molecule has 0 aliphatic carbocycles. The number of imidazole rings is 1. The summed E-state index contributed by atoms with van der Waals surface area (Å²) in [5.74, 6) is 2.06. The summed E-state index contributed by atoms with van der Waals surface area (Å²) in [6.45, 7) is 8.74. The molecule has 0 amide bonds. The van der Waals surface area contributed by atoms with E-state index in [0.717, 1.165) is 17.9 Å². The SMILES string of the molecule is CC1CCCc2nc(C(C)(C)C)c(N)n21. The fourth-order valence-corrected chi connectivity index (χ4v) is 2.40. The molecule has 15 heavy (non-hydrogen) atoms. The third-order valence-electron chi connectivity index (χ3n) is 3.19. The third kappa shape index (κ3) is 1.64. The first kappa shape index (κ1) is 10.5. The van der Waals surface area contributed by atoms with E-state index in [9.17, 15) is 0 Å². The maximum atomic E-state index is 6.20. The average molecular weight is 207 g/mol. The second kappa shape index (κ2) is 3.26. The van der Waals surface area contributed by atoms with Gasteiger partial charge < -0.3 is 10.3 Å². The molecule has 0 saturated heterocycles. The Bertz CT molecular complexity index is 371. The molecule has 0 fully saturated rings. The van der Waals surface area contributed by atoms with Crippen molar-refractivity contribution in [3.8, 4) is 0 Å².